The van der Waals surface area contributed by atoms with Gasteiger partial charge in [-0.3, -0.25) is 0 Å². The van der Waals surface area contributed by atoms with Crippen molar-refractivity contribution in [3.8, 4) is 0 Å². The molecule has 0 amide bonds. The maximum absolute atomic E-state index is 7.00. The summed E-state index contributed by atoms with van der Waals surface area (Å²) in [6.07, 6.45) is 15.0. The maximum Gasteiger partial charge on any atom is 0.0319 e. The Morgan fingerprint density at radius 1 is 0.444 bits per heavy atom. The molecule has 2 rings (SSSR count). The minimum atomic E-state index is 0. The first kappa shape index (κ1) is 36.7. The average Bonchev–Trinajstić information content (AvgIpc) is 3.01. The van der Waals surface area contributed by atoms with Crippen molar-refractivity contribution >= 4 is 0 Å². The Morgan fingerprint density at radius 3 is 0.556 bits per heavy atom. The van der Waals surface area contributed by atoms with Crippen LogP contribution in [0.25, 0.3) is 0 Å². The van der Waals surface area contributed by atoms with Crippen LogP contribution < -0.4 is 0 Å². The third kappa shape index (κ3) is 36.1. The summed E-state index contributed by atoms with van der Waals surface area (Å²) in [5.74, 6) is 0. The summed E-state index contributed by atoms with van der Waals surface area (Å²) in [4.78, 5) is 0. The van der Waals surface area contributed by atoms with E-state index in [-0.39, 0.29) is 66.9 Å². The van der Waals surface area contributed by atoms with Crippen molar-refractivity contribution < 1.29 is 62.3 Å². The first-order valence-electron chi connectivity index (χ1n) is 5.89. The van der Waals surface area contributed by atoms with Gasteiger partial charge in [0.05, 0.1) is 0 Å². The number of hydrogen-bond acceptors (Lipinski definition) is 2. The molecule has 0 aromatic heterocycles. The van der Waals surface area contributed by atoms with E-state index >= 15 is 0 Å². The van der Waals surface area contributed by atoms with Crippen LogP contribution in [0, 0.1) is 14.9 Å². The van der Waals surface area contributed by atoms with Gasteiger partial charge < -0.3 is 25.1 Å². The van der Waals surface area contributed by atoms with Crippen LogP contribution in [0.15, 0.2) is 0 Å². The molecule has 2 aliphatic carbocycles. The van der Waals surface area contributed by atoms with Crippen LogP contribution in [0.5, 0.6) is 0 Å². The Bertz CT molecular complexity index is 53.0. The fourth-order valence-corrected chi connectivity index (χ4v) is 1.77. The topological polar surface area (TPSA) is 40.5 Å². The molecule has 0 bridgehead atoms. The summed E-state index contributed by atoms with van der Waals surface area (Å²) in [6, 6.07) is 0. The monoisotopic (exact) mass is 504 g/mol. The molecule has 2 N–H and O–H groups in total. The van der Waals surface area contributed by atoms with Gasteiger partial charge in [0.25, 0.3) is 0 Å². The normalized spacial score (nSPS) is 14.0. The van der Waals surface area contributed by atoms with Gasteiger partial charge in [-0.25, -0.2) is 0 Å². The van der Waals surface area contributed by atoms with E-state index in [2.05, 4.69) is 0 Å². The van der Waals surface area contributed by atoms with Crippen molar-refractivity contribution in [3.05, 3.63) is 14.9 Å². The Hall–Kier alpha value is 1.67. The summed E-state index contributed by atoms with van der Waals surface area (Å²) >= 11 is 0. The molecule has 2 nitrogen and oxygen atoms in total. The quantitative estimate of drug-likeness (QED) is 0.387. The summed E-state index contributed by atoms with van der Waals surface area (Å²) in [7, 11) is 2.00. The smallest absolute Gasteiger partial charge is 0.0319 e. The SMILES string of the molecule is C1CCCC1.C1CCCC1.CO.CO.[CH3-].[CH3-].[Hf].[Zr]. The van der Waals surface area contributed by atoms with Gasteiger partial charge in [0.2, 0.25) is 0 Å². The molecule has 4 heteroatoms. The maximum atomic E-state index is 7.00. The third-order valence-corrected chi connectivity index (χ3v) is 2.50. The first-order chi connectivity index (χ1) is 7.00. The van der Waals surface area contributed by atoms with Gasteiger partial charge in [-0.2, -0.15) is 0 Å². The summed E-state index contributed by atoms with van der Waals surface area (Å²) in [5.41, 5.74) is 0. The molecule has 0 atom stereocenters. The van der Waals surface area contributed by atoms with Crippen LogP contribution in [0.2, 0.25) is 0 Å². The molecule has 0 radical (unpaired) electrons. The number of aliphatic hydroxyl groups is 2. The molecule has 0 aromatic carbocycles. The van der Waals surface area contributed by atoms with Crippen molar-refractivity contribution in [2.45, 2.75) is 64.2 Å². The van der Waals surface area contributed by atoms with Gasteiger partial charge in [0, 0.05) is 66.3 Å². The zero-order valence-corrected chi connectivity index (χ0v) is 19.0. The van der Waals surface area contributed by atoms with Crippen LogP contribution in [-0.4, -0.2) is 24.4 Å². The van der Waals surface area contributed by atoms with Crippen molar-refractivity contribution in [1.29, 1.82) is 0 Å². The zero-order valence-electron chi connectivity index (χ0n) is 13.0. The van der Waals surface area contributed by atoms with Crippen LogP contribution in [-0.2, 0) is 52.0 Å². The number of rotatable bonds is 0. The predicted octanol–water partition coefficient (Wildman–Crippen LogP) is 4.01. The Morgan fingerprint density at radius 2 is 0.500 bits per heavy atom. The van der Waals surface area contributed by atoms with Gasteiger partial charge >= 0.3 is 0 Å². The van der Waals surface area contributed by atoms with E-state index in [0.717, 1.165) is 14.2 Å². The Kier molecular flexibility index (Phi) is 87.3. The van der Waals surface area contributed by atoms with E-state index in [1.807, 2.05) is 0 Å². The van der Waals surface area contributed by atoms with E-state index in [4.69, 9.17) is 10.2 Å². The van der Waals surface area contributed by atoms with Gasteiger partial charge in [0.1, 0.15) is 0 Å². The molecule has 0 aliphatic heterocycles. The van der Waals surface area contributed by atoms with Gasteiger partial charge in [-0.1, -0.05) is 64.2 Å². The molecule has 2 saturated carbocycles. The van der Waals surface area contributed by atoms with Crippen molar-refractivity contribution in [2.24, 2.45) is 0 Å². The number of hydrogen-bond donors (Lipinski definition) is 2. The summed E-state index contributed by atoms with van der Waals surface area (Å²) in [5, 5.41) is 14.0. The fourth-order valence-electron chi connectivity index (χ4n) is 1.77. The van der Waals surface area contributed by atoms with Crippen LogP contribution >= 0.6 is 0 Å². The Balaban J connectivity index is -0.0000000268. The van der Waals surface area contributed by atoms with E-state index in [0.29, 0.717) is 0 Å². The number of aliphatic hydroxyl groups excluding tert-OH is 2. The molecular formula is C14H34HfO2Zr-2. The second-order valence-electron chi connectivity index (χ2n) is 3.54. The average molecular weight is 504 g/mol. The van der Waals surface area contributed by atoms with Gasteiger partial charge in [0.15, 0.2) is 0 Å². The van der Waals surface area contributed by atoms with Crippen molar-refractivity contribution in [3.63, 3.8) is 0 Å². The molecule has 0 heterocycles. The molecule has 0 unspecified atom stereocenters. The molecule has 0 spiro atoms. The van der Waals surface area contributed by atoms with Crippen LogP contribution in [0.4, 0.5) is 0 Å². The third-order valence-electron chi connectivity index (χ3n) is 2.50. The van der Waals surface area contributed by atoms with Crippen LogP contribution in [0.3, 0.4) is 0 Å². The largest absolute Gasteiger partial charge is 0.400 e. The predicted molar refractivity (Wildman–Crippen MR) is 75.3 cm³/mol. The van der Waals surface area contributed by atoms with Gasteiger partial charge in [-0.15, -0.1) is 0 Å². The summed E-state index contributed by atoms with van der Waals surface area (Å²) in [6.45, 7) is 0. The van der Waals surface area contributed by atoms with E-state index in [9.17, 15) is 0 Å². The minimum absolute atomic E-state index is 0. The summed E-state index contributed by atoms with van der Waals surface area (Å²) < 4.78 is 0. The van der Waals surface area contributed by atoms with E-state index < -0.39 is 0 Å². The van der Waals surface area contributed by atoms with Crippen molar-refractivity contribution in [1.82, 2.24) is 0 Å². The minimum Gasteiger partial charge on any atom is -0.400 e. The molecule has 18 heavy (non-hydrogen) atoms. The Labute approximate surface area is 154 Å². The zero-order chi connectivity index (χ0) is 11.1. The molecule has 2 fully saturated rings. The van der Waals surface area contributed by atoms with Crippen LogP contribution in [0.1, 0.15) is 64.2 Å². The molecule has 2 aliphatic rings. The van der Waals surface area contributed by atoms with E-state index in [1.165, 1.54) is 64.2 Å². The fraction of sp³-hybridized carbons (Fsp3) is 0.857. The second-order valence-corrected chi connectivity index (χ2v) is 3.54. The second kappa shape index (κ2) is 42.8. The van der Waals surface area contributed by atoms with Crippen molar-refractivity contribution in [2.75, 3.05) is 14.2 Å². The molecule has 0 saturated heterocycles. The first-order valence-corrected chi connectivity index (χ1v) is 5.89. The van der Waals surface area contributed by atoms with E-state index in [1.54, 1.807) is 0 Å². The standard InChI is InChI=1S/2C5H10.2CH4O.2CH3.Hf.Zr/c2*1-2-4-5-3-1;2*1-2;;;;/h2*1-5H2;2*2H,1H3;2*1H3;;/q;;;;2*-1;;. The molecule has 0 aromatic rings. The molecular weight excluding hydrogens is 470 g/mol. The van der Waals surface area contributed by atoms with Gasteiger partial charge in [-0.05, 0) is 0 Å². The molecule has 112 valence electrons.